The van der Waals surface area contributed by atoms with Crippen molar-refractivity contribution in [3.05, 3.63) is 22.7 Å². The second-order valence-electron chi connectivity index (χ2n) is 4.79. The fraction of sp³-hybridized carbons (Fsp3) is 0.538. The molecule has 1 saturated carbocycles. The van der Waals surface area contributed by atoms with Gasteiger partial charge in [-0.15, -0.1) is 0 Å². The van der Waals surface area contributed by atoms with Crippen LogP contribution in [0, 0.1) is 0 Å². The third-order valence-electron chi connectivity index (χ3n) is 3.66. The first kappa shape index (κ1) is 11.2. The van der Waals surface area contributed by atoms with E-state index in [0.29, 0.717) is 30.5 Å². The lowest BCUT2D eigenvalue weighted by Gasteiger charge is -2.19. The van der Waals surface area contributed by atoms with Gasteiger partial charge in [0.2, 0.25) is 0 Å². The molecule has 1 aromatic carbocycles. The molecule has 92 valence electrons. The minimum atomic E-state index is 0.0996. The summed E-state index contributed by atoms with van der Waals surface area (Å²) in [4.78, 5) is 0. The van der Waals surface area contributed by atoms with Crippen LogP contribution >= 0.6 is 11.6 Å². The highest BCUT2D eigenvalue weighted by Crippen LogP contribution is 2.54. The van der Waals surface area contributed by atoms with Gasteiger partial charge in [-0.3, -0.25) is 0 Å². The van der Waals surface area contributed by atoms with E-state index in [1.807, 2.05) is 12.1 Å². The fourth-order valence-electron chi connectivity index (χ4n) is 2.38. The zero-order chi connectivity index (χ0) is 11.9. The molecule has 1 aliphatic heterocycles. The first-order valence-electron chi connectivity index (χ1n) is 6.05. The summed E-state index contributed by atoms with van der Waals surface area (Å²) in [5.41, 5.74) is 7.15. The van der Waals surface area contributed by atoms with Gasteiger partial charge in [0.1, 0.15) is 0 Å². The van der Waals surface area contributed by atoms with Crippen molar-refractivity contribution in [3.63, 3.8) is 0 Å². The predicted molar refractivity (Wildman–Crippen MR) is 67.0 cm³/mol. The molecule has 1 fully saturated rings. The quantitative estimate of drug-likeness (QED) is 0.881. The fourth-order valence-corrected chi connectivity index (χ4v) is 2.58. The smallest absolute Gasteiger partial charge is 0.180 e. The van der Waals surface area contributed by atoms with Gasteiger partial charge >= 0.3 is 0 Å². The number of fused-ring (bicyclic) bond motifs is 1. The van der Waals surface area contributed by atoms with Crippen molar-refractivity contribution in [1.29, 1.82) is 0 Å². The summed E-state index contributed by atoms with van der Waals surface area (Å²) in [6.45, 7) is 2.00. The second kappa shape index (κ2) is 4.07. The summed E-state index contributed by atoms with van der Waals surface area (Å²) in [7, 11) is 0. The summed E-state index contributed by atoms with van der Waals surface area (Å²) in [6.07, 6.45) is 3.14. The molecule has 17 heavy (non-hydrogen) atoms. The molecule has 0 spiro atoms. The Morgan fingerprint density at radius 2 is 1.88 bits per heavy atom. The summed E-state index contributed by atoms with van der Waals surface area (Å²) >= 11 is 6.16. The Kier molecular flexibility index (Phi) is 2.68. The van der Waals surface area contributed by atoms with Crippen molar-refractivity contribution in [2.75, 3.05) is 19.8 Å². The molecule has 1 aliphatic carbocycles. The van der Waals surface area contributed by atoms with Crippen LogP contribution in [0.2, 0.25) is 5.02 Å². The van der Waals surface area contributed by atoms with E-state index in [2.05, 4.69) is 0 Å². The standard InChI is InChI=1S/C13H16ClNO2/c14-10-3-2-9(13(8-15)4-5-13)11-12(10)17-7-1-6-16-11/h2-3H,1,4-8,15H2. The molecule has 0 bridgehead atoms. The SMILES string of the molecule is NCC1(c2ccc(Cl)c3c2OCCCO3)CC1. The Labute approximate surface area is 106 Å². The van der Waals surface area contributed by atoms with Gasteiger partial charge in [-0.05, 0) is 18.9 Å². The topological polar surface area (TPSA) is 44.5 Å². The number of hydrogen-bond acceptors (Lipinski definition) is 3. The maximum Gasteiger partial charge on any atom is 0.180 e. The van der Waals surface area contributed by atoms with Gasteiger partial charge in [-0.2, -0.15) is 0 Å². The van der Waals surface area contributed by atoms with Gasteiger partial charge in [-0.1, -0.05) is 17.7 Å². The van der Waals surface area contributed by atoms with Gasteiger partial charge in [0.05, 0.1) is 18.2 Å². The average Bonchev–Trinajstić information content (AvgIpc) is 3.13. The number of halogens is 1. The highest BCUT2D eigenvalue weighted by Gasteiger charge is 2.46. The van der Waals surface area contributed by atoms with Crippen LogP contribution in [0.15, 0.2) is 12.1 Å². The summed E-state index contributed by atoms with van der Waals surface area (Å²) in [5, 5.41) is 0.624. The highest BCUT2D eigenvalue weighted by atomic mass is 35.5. The molecule has 2 N–H and O–H groups in total. The zero-order valence-electron chi connectivity index (χ0n) is 9.67. The van der Waals surface area contributed by atoms with Crippen molar-refractivity contribution in [2.45, 2.75) is 24.7 Å². The molecule has 0 saturated heterocycles. The predicted octanol–water partition coefficient (Wildman–Crippen LogP) is 2.49. The first-order chi connectivity index (χ1) is 8.27. The van der Waals surface area contributed by atoms with E-state index < -0.39 is 0 Å². The Morgan fingerprint density at radius 1 is 1.18 bits per heavy atom. The van der Waals surface area contributed by atoms with Crippen molar-refractivity contribution >= 4 is 11.6 Å². The molecule has 1 heterocycles. The van der Waals surface area contributed by atoms with Gasteiger partial charge < -0.3 is 15.2 Å². The molecular formula is C13H16ClNO2. The summed E-state index contributed by atoms with van der Waals surface area (Å²) < 4.78 is 11.5. The van der Waals surface area contributed by atoms with E-state index in [-0.39, 0.29) is 5.41 Å². The Bertz CT molecular complexity index is 443. The van der Waals surface area contributed by atoms with E-state index in [0.717, 1.165) is 25.0 Å². The molecule has 0 amide bonds. The van der Waals surface area contributed by atoms with Gasteiger partial charge in [0, 0.05) is 23.9 Å². The Morgan fingerprint density at radius 3 is 2.53 bits per heavy atom. The number of ether oxygens (including phenoxy) is 2. The van der Waals surface area contributed by atoms with E-state index in [1.165, 1.54) is 5.56 Å². The third kappa shape index (κ3) is 1.78. The summed E-state index contributed by atoms with van der Waals surface area (Å²) in [6, 6.07) is 3.93. The minimum absolute atomic E-state index is 0.0996. The van der Waals surface area contributed by atoms with Crippen LogP contribution in [0.3, 0.4) is 0 Å². The number of rotatable bonds is 2. The maximum absolute atomic E-state index is 6.16. The van der Waals surface area contributed by atoms with Crippen LogP contribution in [-0.4, -0.2) is 19.8 Å². The lowest BCUT2D eigenvalue weighted by molar-refractivity contribution is 0.295. The third-order valence-corrected chi connectivity index (χ3v) is 3.96. The van der Waals surface area contributed by atoms with Crippen molar-refractivity contribution < 1.29 is 9.47 Å². The van der Waals surface area contributed by atoms with Crippen molar-refractivity contribution in [2.24, 2.45) is 5.73 Å². The number of benzene rings is 1. The second-order valence-corrected chi connectivity index (χ2v) is 5.20. The van der Waals surface area contributed by atoms with E-state index in [1.54, 1.807) is 0 Å². The van der Waals surface area contributed by atoms with E-state index in [9.17, 15) is 0 Å². The minimum Gasteiger partial charge on any atom is -0.489 e. The lowest BCUT2D eigenvalue weighted by atomic mass is 9.95. The molecule has 0 radical (unpaired) electrons. The van der Waals surface area contributed by atoms with Gasteiger partial charge in [-0.25, -0.2) is 0 Å². The molecule has 4 heteroatoms. The number of nitrogens with two attached hydrogens (primary N) is 1. The van der Waals surface area contributed by atoms with Crippen LogP contribution in [0.25, 0.3) is 0 Å². The van der Waals surface area contributed by atoms with E-state index in [4.69, 9.17) is 26.8 Å². The zero-order valence-corrected chi connectivity index (χ0v) is 10.4. The molecule has 0 unspecified atom stereocenters. The first-order valence-corrected chi connectivity index (χ1v) is 6.43. The van der Waals surface area contributed by atoms with Gasteiger partial charge in [0.15, 0.2) is 11.5 Å². The molecule has 1 aromatic rings. The van der Waals surface area contributed by atoms with E-state index >= 15 is 0 Å². The highest BCUT2D eigenvalue weighted by molar-refractivity contribution is 6.32. The molecule has 0 atom stereocenters. The van der Waals surface area contributed by atoms with Crippen LogP contribution in [0.5, 0.6) is 11.5 Å². The normalized spacial score (nSPS) is 20.8. The molecular weight excluding hydrogens is 238 g/mol. The molecule has 3 rings (SSSR count). The van der Waals surface area contributed by atoms with Crippen molar-refractivity contribution in [1.82, 2.24) is 0 Å². The van der Waals surface area contributed by atoms with Crippen LogP contribution in [-0.2, 0) is 5.41 Å². The van der Waals surface area contributed by atoms with Gasteiger partial charge in [0.25, 0.3) is 0 Å². The van der Waals surface area contributed by atoms with Crippen LogP contribution < -0.4 is 15.2 Å². The Hall–Kier alpha value is -0.930. The largest absolute Gasteiger partial charge is 0.489 e. The summed E-state index contributed by atoms with van der Waals surface area (Å²) in [5.74, 6) is 1.51. The molecule has 2 aliphatic rings. The van der Waals surface area contributed by atoms with Crippen LogP contribution in [0.4, 0.5) is 0 Å². The van der Waals surface area contributed by atoms with Crippen molar-refractivity contribution in [3.8, 4) is 11.5 Å². The molecule has 0 aromatic heterocycles. The molecule has 3 nitrogen and oxygen atoms in total. The average molecular weight is 254 g/mol. The lowest BCUT2D eigenvalue weighted by Crippen LogP contribution is -2.20. The maximum atomic E-state index is 6.16. The number of hydrogen-bond donors (Lipinski definition) is 1. The monoisotopic (exact) mass is 253 g/mol. The van der Waals surface area contributed by atoms with Crippen LogP contribution in [0.1, 0.15) is 24.8 Å². The Balaban J connectivity index is 2.10.